The number of thioether (sulfide) groups is 1. The van der Waals surface area contributed by atoms with E-state index in [0.29, 0.717) is 65.5 Å². The fourth-order valence-corrected chi connectivity index (χ4v) is 5.44. The molecule has 2 aromatic rings. The number of benzene rings is 2. The molecule has 2 heterocycles. The van der Waals surface area contributed by atoms with E-state index >= 15 is 0 Å². The van der Waals surface area contributed by atoms with Gasteiger partial charge in [-0.05, 0) is 73.8 Å². The lowest BCUT2D eigenvalue weighted by Gasteiger charge is -2.28. The van der Waals surface area contributed by atoms with Crippen LogP contribution in [0.2, 0.25) is 0 Å². The van der Waals surface area contributed by atoms with Crippen molar-refractivity contribution in [2.75, 3.05) is 39.5 Å². The maximum atomic E-state index is 13.0. The average molecular weight is 640 g/mol. The summed E-state index contributed by atoms with van der Waals surface area (Å²) in [6, 6.07) is 11.5. The third-order valence-corrected chi connectivity index (χ3v) is 8.55. The highest BCUT2D eigenvalue weighted by atomic mass is 79.9. The smallest absolute Gasteiger partial charge is 0.294 e. The van der Waals surface area contributed by atoms with Crippen LogP contribution >= 0.6 is 43.6 Å². The number of carbonyl (C=O) groups is 3. The van der Waals surface area contributed by atoms with Crippen molar-refractivity contribution in [3.63, 3.8) is 0 Å². The van der Waals surface area contributed by atoms with Gasteiger partial charge in [0.15, 0.2) is 11.5 Å². The number of ether oxygens (including phenoxy) is 3. The second-order valence-electron chi connectivity index (χ2n) is 7.89. The van der Waals surface area contributed by atoms with E-state index in [4.69, 9.17) is 14.2 Å². The van der Waals surface area contributed by atoms with Crippen molar-refractivity contribution in [1.82, 2.24) is 9.80 Å². The summed E-state index contributed by atoms with van der Waals surface area (Å²) in [5, 5.41) is -0.476. The van der Waals surface area contributed by atoms with Gasteiger partial charge in [-0.2, -0.15) is 0 Å². The zero-order valence-electron chi connectivity index (χ0n) is 19.5. The first kappa shape index (κ1) is 26.7. The van der Waals surface area contributed by atoms with Gasteiger partial charge in [-0.25, -0.2) is 0 Å². The van der Waals surface area contributed by atoms with Gasteiger partial charge < -0.3 is 19.1 Å². The van der Waals surface area contributed by atoms with Crippen LogP contribution in [0.5, 0.6) is 11.5 Å². The van der Waals surface area contributed by atoms with E-state index in [1.54, 1.807) is 17.0 Å². The van der Waals surface area contributed by atoms with Crippen molar-refractivity contribution in [2.45, 2.75) is 13.5 Å². The fraction of sp³-hybridized carbons (Fsp3) is 0.320. The minimum atomic E-state index is -0.503. The Balaban J connectivity index is 1.55. The van der Waals surface area contributed by atoms with Crippen molar-refractivity contribution in [3.05, 3.63) is 61.4 Å². The predicted molar refractivity (Wildman–Crippen MR) is 144 cm³/mol. The molecule has 8 nitrogen and oxygen atoms in total. The van der Waals surface area contributed by atoms with Gasteiger partial charge >= 0.3 is 0 Å². The molecule has 190 valence electrons. The Hall–Kier alpha value is -2.34. The third kappa shape index (κ3) is 6.13. The van der Waals surface area contributed by atoms with Crippen molar-refractivity contribution in [3.8, 4) is 11.5 Å². The van der Waals surface area contributed by atoms with E-state index in [1.807, 2.05) is 37.3 Å². The number of amides is 3. The van der Waals surface area contributed by atoms with Crippen LogP contribution < -0.4 is 9.47 Å². The molecule has 2 aliphatic rings. The molecule has 0 unspecified atom stereocenters. The van der Waals surface area contributed by atoms with Crippen LogP contribution in [-0.2, 0) is 20.9 Å². The molecule has 2 aliphatic heterocycles. The number of halogens is 2. The van der Waals surface area contributed by atoms with Crippen LogP contribution in [-0.4, -0.2) is 66.3 Å². The Morgan fingerprint density at radius 2 is 1.83 bits per heavy atom. The molecular weight excluding hydrogens is 616 g/mol. The monoisotopic (exact) mass is 638 g/mol. The van der Waals surface area contributed by atoms with Gasteiger partial charge in [0.05, 0.1) is 29.2 Å². The summed E-state index contributed by atoms with van der Waals surface area (Å²) in [6.45, 7) is 4.14. The van der Waals surface area contributed by atoms with E-state index in [-0.39, 0.29) is 17.4 Å². The minimum Gasteiger partial charge on any atom is -0.490 e. The van der Waals surface area contributed by atoms with Crippen LogP contribution in [0.4, 0.5) is 4.79 Å². The highest BCUT2D eigenvalue weighted by molar-refractivity contribution is 9.13. The highest BCUT2D eigenvalue weighted by Crippen LogP contribution is 2.45. The van der Waals surface area contributed by atoms with E-state index in [0.717, 1.165) is 22.2 Å². The quantitative estimate of drug-likeness (QED) is 0.372. The first-order valence-electron chi connectivity index (χ1n) is 11.3. The van der Waals surface area contributed by atoms with Crippen LogP contribution in [0.3, 0.4) is 0 Å². The minimum absolute atomic E-state index is 0.225. The van der Waals surface area contributed by atoms with E-state index in [9.17, 15) is 14.4 Å². The van der Waals surface area contributed by atoms with Crippen molar-refractivity contribution in [2.24, 2.45) is 0 Å². The number of hydrogen-bond donors (Lipinski definition) is 0. The van der Waals surface area contributed by atoms with Crippen molar-refractivity contribution in [1.29, 1.82) is 0 Å². The lowest BCUT2D eigenvalue weighted by Crippen LogP contribution is -2.46. The summed E-state index contributed by atoms with van der Waals surface area (Å²) in [5.41, 5.74) is 1.63. The normalized spacial score (nSPS) is 17.1. The molecule has 0 aromatic heterocycles. The first-order valence-corrected chi connectivity index (χ1v) is 13.7. The average Bonchev–Trinajstić information content (AvgIpc) is 3.15. The number of hydrogen-bond acceptors (Lipinski definition) is 7. The lowest BCUT2D eigenvalue weighted by atomic mass is 10.1. The molecule has 0 saturated carbocycles. The molecule has 4 rings (SSSR count). The summed E-state index contributed by atoms with van der Waals surface area (Å²) < 4.78 is 18.4. The lowest BCUT2D eigenvalue weighted by molar-refractivity contribution is -0.139. The predicted octanol–water partition coefficient (Wildman–Crippen LogP) is 5.08. The Morgan fingerprint density at radius 3 is 2.53 bits per heavy atom. The van der Waals surface area contributed by atoms with Crippen LogP contribution in [0.25, 0.3) is 6.08 Å². The molecule has 36 heavy (non-hydrogen) atoms. The van der Waals surface area contributed by atoms with Crippen LogP contribution in [0.1, 0.15) is 18.1 Å². The zero-order valence-corrected chi connectivity index (χ0v) is 23.5. The topological polar surface area (TPSA) is 85.4 Å². The largest absolute Gasteiger partial charge is 0.490 e. The number of nitrogens with zero attached hydrogens (tertiary/aromatic N) is 2. The van der Waals surface area contributed by atoms with Gasteiger partial charge in [0.1, 0.15) is 13.2 Å². The van der Waals surface area contributed by atoms with Gasteiger partial charge in [-0.15, -0.1) is 0 Å². The summed E-state index contributed by atoms with van der Waals surface area (Å²) in [7, 11) is 0. The number of imide groups is 1. The summed E-state index contributed by atoms with van der Waals surface area (Å²) in [5.74, 6) is 0.242. The molecule has 0 N–H and O–H groups in total. The molecule has 0 spiro atoms. The number of rotatable bonds is 8. The molecule has 0 atom stereocenters. The van der Waals surface area contributed by atoms with Crippen LogP contribution in [0.15, 0.2) is 50.2 Å². The Labute approximate surface area is 230 Å². The Kier molecular flexibility index (Phi) is 9.10. The van der Waals surface area contributed by atoms with Gasteiger partial charge in [0, 0.05) is 17.6 Å². The summed E-state index contributed by atoms with van der Waals surface area (Å²) >= 11 is 7.96. The molecule has 2 aromatic carbocycles. The van der Waals surface area contributed by atoms with E-state index in [1.165, 1.54) is 0 Å². The molecular formula is C25H24Br2N2O6S. The van der Waals surface area contributed by atoms with Gasteiger partial charge in [0.2, 0.25) is 5.91 Å². The third-order valence-electron chi connectivity index (χ3n) is 5.50. The molecule has 11 heteroatoms. The number of morpholine rings is 1. The van der Waals surface area contributed by atoms with E-state index < -0.39 is 11.1 Å². The molecule has 0 bridgehead atoms. The maximum absolute atomic E-state index is 13.0. The van der Waals surface area contributed by atoms with Gasteiger partial charge in [0.25, 0.3) is 11.1 Å². The summed E-state index contributed by atoms with van der Waals surface area (Å²) in [6.07, 6.45) is 1.61. The fourth-order valence-electron chi connectivity index (χ4n) is 3.66. The first-order chi connectivity index (χ1) is 17.4. The SMILES string of the molecule is CCOc1cc(/C=C2\SC(=O)N(CC(=O)N3CCOCC3)C2=O)c(Br)c(Br)c1OCc1ccccc1. The molecule has 2 saturated heterocycles. The molecule has 2 fully saturated rings. The zero-order chi connectivity index (χ0) is 25.7. The van der Waals surface area contributed by atoms with Crippen molar-refractivity contribution >= 4 is 66.8 Å². The highest BCUT2D eigenvalue weighted by Gasteiger charge is 2.37. The van der Waals surface area contributed by atoms with Gasteiger partial charge in [-0.3, -0.25) is 19.3 Å². The summed E-state index contributed by atoms with van der Waals surface area (Å²) in [4.78, 5) is 41.0. The van der Waals surface area contributed by atoms with Crippen LogP contribution in [0, 0.1) is 0 Å². The Bertz CT molecular complexity index is 1180. The Morgan fingerprint density at radius 1 is 1.11 bits per heavy atom. The second-order valence-corrected chi connectivity index (χ2v) is 10.5. The van der Waals surface area contributed by atoms with Crippen molar-refractivity contribution < 1.29 is 28.6 Å². The molecule has 3 amide bonds. The van der Waals surface area contributed by atoms with Gasteiger partial charge in [-0.1, -0.05) is 30.3 Å². The standard InChI is InChI=1S/C25H24Br2N2O6S/c1-2-34-18-12-17(21(26)22(27)23(18)35-15-16-6-4-3-5-7-16)13-19-24(31)29(25(32)36-19)14-20(30)28-8-10-33-11-9-28/h3-7,12-13H,2,8-11,14-15H2,1H3/b19-13-. The van der Waals surface area contributed by atoms with E-state index in [2.05, 4.69) is 31.9 Å². The maximum Gasteiger partial charge on any atom is 0.294 e. The number of carbonyl (C=O) groups excluding carboxylic acids is 3. The molecule has 0 radical (unpaired) electrons. The second kappa shape index (κ2) is 12.3. The molecule has 0 aliphatic carbocycles.